The highest BCUT2D eigenvalue weighted by molar-refractivity contribution is 7.89. The Morgan fingerprint density at radius 1 is 1.57 bits per heavy atom. The fourth-order valence-electron chi connectivity index (χ4n) is 1.54. The molecule has 1 heterocycles. The monoisotopic (exact) mass is 215 g/mol. The van der Waals surface area contributed by atoms with Crippen molar-refractivity contribution in [2.75, 3.05) is 0 Å². The number of rotatable bonds is 3. The van der Waals surface area contributed by atoms with Crippen molar-refractivity contribution in [1.29, 1.82) is 0 Å². The molecule has 1 saturated carbocycles. The smallest absolute Gasteiger partial charge is 0.257 e. The fourth-order valence-corrected chi connectivity index (χ4v) is 2.01. The number of sulfonamides is 1. The first-order valence-corrected chi connectivity index (χ1v) is 6.16. The Balaban J connectivity index is 2.09. The van der Waals surface area contributed by atoms with Crippen molar-refractivity contribution in [3.05, 3.63) is 12.3 Å². The van der Waals surface area contributed by atoms with Crippen molar-refractivity contribution in [1.82, 2.24) is 9.78 Å². The van der Waals surface area contributed by atoms with Crippen LogP contribution in [0.5, 0.6) is 0 Å². The van der Waals surface area contributed by atoms with Crippen LogP contribution in [-0.4, -0.2) is 18.2 Å². The average molecular weight is 215 g/mol. The van der Waals surface area contributed by atoms with Gasteiger partial charge in [0, 0.05) is 12.7 Å². The summed E-state index contributed by atoms with van der Waals surface area (Å²) in [5, 5.41) is 8.81. The van der Waals surface area contributed by atoms with Gasteiger partial charge >= 0.3 is 0 Å². The Hall–Kier alpha value is -0.880. The molecule has 1 aliphatic rings. The lowest BCUT2D eigenvalue weighted by atomic mass is 9.85. The maximum atomic E-state index is 10.9. The van der Waals surface area contributed by atoms with E-state index in [9.17, 15) is 8.42 Å². The highest BCUT2D eigenvalue weighted by Gasteiger charge is 2.19. The second-order valence-corrected chi connectivity index (χ2v) is 5.23. The summed E-state index contributed by atoms with van der Waals surface area (Å²) in [6, 6.07) is 1.44. The number of primary sulfonamides is 1. The van der Waals surface area contributed by atoms with Crippen molar-refractivity contribution in [2.24, 2.45) is 11.1 Å². The van der Waals surface area contributed by atoms with Gasteiger partial charge in [0.25, 0.3) is 10.0 Å². The Morgan fingerprint density at radius 3 is 2.71 bits per heavy atom. The molecule has 0 amide bonds. The third-order valence-electron chi connectivity index (χ3n) is 2.58. The van der Waals surface area contributed by atoms with Crippen LogP contribution in [-0.2, 0) is 16.6 Å². The van der Waals surface area contributed by atoms with E-state index in [2.05, 4.69) is 5.10 Å². The van der Waals surface area contributed by atoms with Crippen LogP contribution in [0.1, 0.15) is 19.3 Å². The summed E-state index contributed by atoms with van der Waals surface area (Å²) in [6.45, 7) is 0.801. The van der Waals surface area contributed by atoms with Gasteiger partial charge in [0.05, 0.1) is 0 Å². The average Bonchev–Trinajstić information content (AvgIpc) is 2.43. The molecule has 5 nitrogen and oxygen atoms in total. The van der Waals surface area contributed by atoms with E-state index in [1.165, 1.54) is 25.3 Å². The molecule has 0 saturated heterocycles. The normalized spacial score (nSPS) is 18.1. The van der Waals surface area contributed by atoms with E-state index < -0.39 is 10.0 Å². The lowest BCUT2D eigenvalue weighted by Crippen LogP contribution is -2.19. The number of nitrogens with two attached hydrogens (primary N) is 1. The third-order valence-corrected chi connectivity index (χ3v) is 3.38. The number of hydrogen-bond acceptors (Lipinski definition) is 3. The Labute approximate surface area is 83.0 Å². The van der Waals surface area contributed by atoms with Gasteiger partial charge in [-0.3, -0.25) is 4.68 Å². The van der Waals surface area contributed by atoms with Crippen LogP contribution < -0.4 is 5.14 Å². The minimum absolute atomic E-state index is 0.0446. The van der Waals surface area contributed by atoms with Crippen molar-refractivity contribution in [3.8, 4) is 0 Å². The SMILES string of the molecule is NS(=O)(=O)c1ccn(CC2CCC2)n1. The van der Waals surface area contributed by atoms with E-state index in [-0.39, 0.29) is 5.03 Å². The van der Waals surface area contributed by atoms with Crippen LogP contribution in [0.3, 0.4) is 0 Å². The van der Waals surface area contributed by atoms with Gasteiger partial charge in [0.2, 0.25) is 0 Å². The summed E-state index contributed by atoms with van der Waals surface area (Å²) < 4.78 is 23.5. The van der Waals surface area contributed by atoms with Crippen molar-refractivity contribution in [3.63, 3.8) is 0 Å². The minimum Gasteiger partial charge on any atom is -0.271 e. The van der Waals surface area contributed by atoms with E-state index in [0.29, 0.717) is 5.92 Å². The molecule has 2 N–H and O–H groups in total. The first-order chi connectivity index (χ1) is 6.55. The third kappa shape index (κ3) is 1.96. The minimum atomic E-state index is -3.64. The summed E-state index contributed by atoms with van der Waals surface area (Å²) in [4.78, 5) is 0. The lowest BCUT2D eigenvalue weighted by Gasteiger charge is -2.24. The second kappa shape index (κ2) is 3.36. The van der Waals surface area contributed by atoms with Gasteiger partial charge in [-0.1, -0.05) is 6.42 Å². The zero-order valence-corrected chi connectivity index (χ0v) is 8.57. The van der Waals surface area contributed by atoms with E-state index in [1.807, 2.05) is 0 Å². The Morgan fingerprint density at radius 2 is 2.29 bits per heavy atom. The van der Waals surface area contributed by atoms with E-state index in [0.717, 1.165) is 6.54 Å². The largest absolute Gasteiger partial charge is 0.271 e. The van der Waals surface area contributed by atoms with Gasteiger partial charge in [0.1, 0.15) is 0 Å². The van der Waals surface area contributed by atoms with Crippen LogP contribution in [0.4, 0.5) is 0 Å². The molecule has 0 atom stereocenters. The Bertz CT molecular complexity index is 420. The van der Waals surface area contributed by atoms with Crippen molar-refractivity contribution in [2.45, 2.75) is 30.8 Å². The zero-order chi connectivity index (χ0) is 10.2. The van der Waals surface area contributed by atoms with Crippen molar-refractivity contribution < 1.29 is 8.42 Å². The van der Waals surface area contributed by atoms with Gasteiger partial charge in [0.15, 0.2) is 5.03 Å². The fraction of sp³-hybridized carbons (Fsp3) is 0.625. The summed E-state index contributed by atoms with van der Waals surface area (Å²) in [5.74, 6) is 0.656. The predicted octanol–water partition coefficient (Wildman–Crippen LogP) is 0.331. The molecule has 6 heteroatoms. The van der Waals surface area contributed by atoms with Crippen LogP contribution in [0, 0.1) is 5.92 Å². The maximum absolute atomic E-state index is 10.9. The quantitative estimate of drug-likeness (QED) is 0.789. The van der Waals surface area contributed by atoms with Crippen LogP contribution >= 0.6 is 0 Å². The molecule has 0 aliphatic heterocycles. The molecule has 14 heavy (non-hydrogen) atoms. The molecule has 0 unspecified atom stereocenters. The van der Waals surface area contributed by atoms with Crippen LogP contribution in [0.25, 0.3) is 0 Å². The highest BCUT2D eigenvalue weighted by Crippen LogP contribution is 2.27. The first kappa shape index (κ1) is 9.67. The van der Waals surface area contributed by atoms with E-state index >= 15 is 0 Å². The van der Waals surface area contributed by atoms with Gasteiger partial charge in [-0.25, -0.2) is 13.6 Å². The standard InChI is InChI=1S/C8H13N3O2S/c9-14(12,13)8-4-5-11(10-8)6-7-2-1-3-7/h4-5,7H,1-3,6H2,(H2,9,12,13). The van der Waals surface area contributed by atoms with Crippen LogP contribution in [0.15, 0.2) is 17.3 Å². The topological polar surface area (TPSA) is 78.0 Å². The summed E-state index contributed by atoms with van der Waals surface area (Å²) in [5.41, 5.74) is 0. The highest BCUT2D eigenvalue weighted by atomic mass is 32.2. The molecule has 1 aromatic rings. The van der Waals surface area contributed by atoms with Crippen molar-refractivity contribution >= 4 is 10.0 Å². The molecule has 78 valence electrons. The number of nitrogens with zero attached hydrogens (tertiary/aromatic N) is 2. The molecule has 0 spiro atoms. The second-order valence-electron chi connectivity index (χ2n) is 3.72. The van der Waals surface area contributed by atoms with Gasteiger partial charge in [-0.2, -0.15) is 5.10 Å². The molecule has 0 radical (unpaired) electrons. The summed E-state index contributed by atoms with van der Waals surface area (Å²) in [7, 11) is -3.64. The van der Waals surface area contributed by atoms with Gasteiger partial charge in [-0.05, 0) is 24.8 Å². The van der Waals surface area contributed by atoms with E-state index in [1.54, 1.807) is 10.9 Å². The molecule has 2 rings (SSSR count). The maximum Gasteiger partial charge on any atom is 0.257 e. The Kier molecular flexibility index (Phi) is 2.32. The first-order valence-electron chi connectivity index (χ1n) is 4.62. The molecular formula is C8H13N3O2S. The molecule has 0 aromatic carbocycles. The summed E-state index contributed by atoms with van der Waals surface area (Å²) in [6.07, 6.45) is 5.36. The molecule has 1 aliphatic carbocycles. The molecule has 0 bridgehead atoms. The van der Waals surface area contributed by atoms with Crippen LogP contribution in [0.2, 0.25) is 0 Å². The molecule has 1 aromatic heterocycles. The number of hydrogen-bond donors (Lipinski definition) is 1. The summed E-state index contributed by atoms with van der Waals surface area (Å²) >= 11 is 0. The van der Waals surface area contributed by atoms with E-state index in [4.69, 9.17) is 5.14 Å². The predicted molar refractivity (Wildman–Crippen MR) is 50.9 cm³/mol. The number of aromatic nitrogens is 2. The van der Waals surface area contributed by atoms with Gasteiger partial charge < -0.3 is 0 Å². The molecular weight excluding hydrogens is 202 g/mol. The lowest BCUT2D eigenvalue weighted by molar-refractivity contribution is 0.265. The molecule has 1 fully saturated rings. The van der Waals surface area contributed by atoms with Gasteiger partial charge in [-0.15, -0.1) is 0 Å². The zero-order valence-electron chi connectivity index (χ0n) is 7.76.